The van der Waals surface area contributed by atoms with E-state index in [0.29, 0.717) is 0 Å². The molecule has 13 aromatic rings. The maximum absolute atomic E-state index is 2.47. The van der Waals surface area contributed by atoms with Gasteiger partial charge in [-0.05, 0) is 168 Å². The zero-order chi connectivity index (χ0) is 49.5. The number of hydrogen-bond acceptors (Lipinski definition) is 0. The highest BCUT2D eigenvalue weighted by molar-refractivity contribution is 6.12. The van der Waals surface area contributed by atoms with Crippen LogP contribution in [0, 0.1) is 0 Å². The number of rotatable bonds is 6. The van der Waals surface area contributed by atoms with Gasteiger partial charge in [0.05, 0.1) is 22.1 Å². The molecule has 11 aromatic carbocycles. The molecular formula is C72H52N2. The van der Waals surface area contributed by atoms with Gasteiger partial charge in [0, 0.05) is 43.7 Å². The van der Waals surface area contributed by atoms with Gasteiger partial charge in [-0.25, -0.2) is 0 Å². The Morgan fingerprint density at radius 2 is 0.703 bits per heavy atom. The minimum absolute atomic E-state index is 0.153. The van der Waals surface area contributed by atoms with Crippen LogP contribution in [0.15, 0.2) is 231 Å². The molecule has 0 saturated heterocycles. The van der Waals surface area contributed by atoms with Crippen LogP contribution in [-0.4, -0.2) is 9.13 Å². The zero-order valence-corrected chi connectivity index (χ0v) is 42.0. The van der Waals surface area contributed by atoms with Gasteiger partial charge >= 0.3 is 0 Å². The van der Waals surface area contributed by atoms with Crippen molar-refractivity contribution < 1.29 is 0 Å². The molecule has 0 amide bonds. The lowest BCUT2D eigenvalue weighted by atomic mass is 9.79. The average Bonchev–Trinajstić information content (AvgIpc) is 4.14. The summed E-state index contributed by atoms with van der Waals surface area (Å²) in [7, 11) is 0. The van der Waals surface area contributed by atoms with Crippen molar-refractivity contribution in [2.75, 3.05) is 0 Å². The summed E-state index contributed by atoms with van der Waals surface area (Å²) in [4.78, 5) is 0. The molecule has 2 aliphatic carbocycles. The molecule has 0 N–H and O–H groups in total. The fourth-order valence-electron chi connectivity index (χ4n) is 13.0. The minimum Gasteiger partial charge on any atom is -0.309 e. The topological polar surface area (TPSA) is 9.86 Å². The van der Waals surface area contributed by atoms with Crippen molar-refractivity contribution in [3.05, 3.63) is 264 Å². The standard InChI is InChI=1S/C72H52N2/c1-71(2)63-39-46(23-22-45-25-36-69-61(38-45)59-18-10-12-20-67(59)73(69)53-16-6-5-7-17-53)24-32-55(63)56-34-28-51(43-64(56)71)52-29-35-58-57-33-27-50(42-65(57)72(3,4)66(58)44-52)49-30-37-70-62(41-49)60-19-11-13-21-68(60)74(70)54-31-26-47-14-8-9-15-48(47)40-54/h5-44H,1-4H3/b23-22+. The second-order valence-corrected chi connectivity index (χ2v) is 21.8. The van der Waals surface area contributed by atoms with E-state index in [0.717, 1.165) is 0 Å². The highest BCUT2D eigenvalue weighted by Crippen LogP contribution is 2.53. The Morgan fingerprint density at radius 1 is 0.284 bits per heavy atom. The molecule has 0 fully saturated rings. The second-order valence-electron chi connectivity index (χ2n) is 21.8. The molecule has 2 heterocycles. The van der Waals surface area contributed by atoms with Gasteiger partial charge in [-0.3, -0.25) is 0 Å². The van der Waals surface area contributed by atoms with Gasteiger partial charge in [-0.15, -0.1) is 0 Å². The first-order chi connectivity index (χ1) is 36.2. The molecule has 350 valence electrons. The van der Waals surface area contributed by atoms with Crippen LogP contribution in [-0.2, 0) is 10.8 Å². The van der Waals surface area contributed by atoms with Gasteiger partial charge in [0.25, 0.3) is 0 Å². The van der Waals surface area contributed by atoms with Crippen LogP contribution < -0.4 is 0 Å². The van der Waals surface area contributed by atoms with Crippen LogP contribution in [0.4, 0.5) is 0 Å². The molecule has 2 aromatic heterocycles. The Hall–Kier alpha value is -8.98. The monoisotopic (exact) mass is 944 g/mol. The summed E-state index contributed by atoms with van der Waals surface area (Å²) in [5.74, 6) is 0. The lowest BCUT2D eigenvalue weighted by Gasteiger charge is -2.24. The van der Waals surface area contributed by atoms with E-state index in [4.69, 9.17) is 0 Å². The highest BCUT2D eigenvalue weighted by Gasteiger charge is 2.38. The summed E-state index contributed by atoms with van der Waals surface area (Å²) in [6.45, 7) is 9.60. The van der Waals surface area contributed by atoms with Gasteiger partial charge in [0.1, 0.15) is 0 Å². The first kappa shape index (κ1) is 42.7. The number of aromatic nitrogens is 2. The van der Waals surface area contributed by atoms with Crippen molar-refractivity contribution in [2.24, 2.45) is 0 Å². The third-order valence-corrected chi connectivity index (χ3v) is 16.9. The van der Waals surface area contributed by atoms with E-state index in [-0.39, 0.29) is 10.8 Å². The molecule has 0 bridgehead atoms. The van der Waals surface area contributed by atoms with Crippen molar-refractivity contribution in [1.29, 1.82) is 0 Å². The van der Waals surface area contributed by atoms with Gasteiger partial charge in [-0.2, -0.15) is 0 Å². The molecule has 0 aliphatic heterocycles. The van der Waals surface area contributed by atoms with Crippen LogP contribution in [0.25, 0.3) is 122 Å². The molecule has 0 unspecified atom stereocenters. The Labute approximate surface area is 431 Å². The minimum atomic E-state index is -0.171. The zero-order valence-electron chi connectivity index (χ0n) is 42.0. The van der Waals surface area contributed by atoms with Crippen LogP contribution in [0.3, 0.4) is 0 Å². The lowest BCUT2D eigenvalue weighted by molar-refractivity contribution is 0.659. The van der Waals surface area contributed by atoms with Crippen LogP contribution in [0.1, 0.15) is 61.1 Å². The Bertz CT molecular complexity index is 4530. The van der Waals surface area contributed by atoms with E-state index < -0.39 is 0 Å². The maximum atomic E-state index is 2.47. The smallest absolute Gasteiger partial charge is 0.0541 e. The molecule has 0 spiro atoms. The first-order valence-corrected chi connectivity index (χ1v) is 26.1. The van der Waals surface area contributed by atoms with Crippen LogP contribution in [0.2, 0.25) is 0 Å². The maximum Gasteiger partial charge on any atom is 0.0541 e. The van der Waals surface area contributed by atoms with Crippen LogP contribution >= 0.6 is 0 Å². The molecule has 0 atom stereocenters. The number of para-hydroxylation sites is 3. The largest absolute Gasteiger partial charge is 0.309 e. The molecule has 2 aliphatic rings. The fraction of sp³-hybridized carbons (Fsp3) is 0.0833. The van der Waals surface area contributed by atoms with E-state index in [1.54, 1.807) is 0 Å². The SMILES string of the molecule is CC1(C)c2cc(/C=C/c3ccc4c(c3)c3ccccc3n4-c3ccccc3)ccc2-c2ccc(-c3ccc4c(c3)C(C)(C)c3cc(-c5ccc6c(c5)c5ccccc5n6-c5ccc6ccccc6c5)ccc3-4)cc21. The van der Waals surface area contributed by atoms with Crippen molar-refractivity contribution in [3.63, 3.8) is 0 Å². The lowest BCUT2D eigenvalue weighted by Crippen LogP contribution is -2.15. The second kappa shape index (κ2) is 15.8. The number of fused-ring (bicyclic) bond motifs is 13. The third-order valence-electron chi connectivity index (χ3n) is 16.9. The third kappa shape index (κ3) is 6.31. The number of hydrogen-bond donors (Lipinski definition) is 0. The molecule has 0 saturated carbocycles. The van der Waals surface area contributed by atoms with E-state index in [1.807, 2.05) is 0 Å². The predicted octanol–water partition coefficient (Wildman–Crippen LogP) is 19.2. The summed E-state index contributed by atoms with van der Waals surface area (Å²) in [5.41, 5.74) is 25.2. The highest BCUT2D eigenvalue weighted by atomic mass is 15.0. The summed E-state index contributed by atoms with van der Waals surface area (Å²) in [6, 6.07) is 86.1. The van der Waals surface area contributed by atoms with Gasteiger partial charge in [0.15, 0.2) is 0 Å². The predicted molar refractivity (Wildman–Crippen MR) is 314 cm³/mol. The molecule has 74 heavy (non-hydrogen) atoms. The normalized spacial score (nSPS) is 14.1. The summed E-state index contributed by atoms with van der Waals surface area (Å²) in [6.07, 6.45) is 4.55. The molecule has 2 nitrogen and oxygen atoms in total. The van der Waals surface area contributed by atoms with Gasteiger partial charge in [0.2, 0.25) is 0 Å². The fourth-order valence-corrected chi connectivity index (χ4v) is 13.0. The van der Waals surface area contributed by atoms with Crippen molar-refractivity contribution in [3.8, 4) is 55.9 Å². The van der Waals surface area contributed by atoms with Crippen molar-refractivity contribution in [2.45, 2.75) is 38.5 Å². The Morgan fingerprint density at radius 3 is 1.31 bits per heavy atom. The van der Waals surface area contributed by atoms with Gasteiger partial charge < -0.3 is 9.13 Å². The Kier molecular flexibility index (Phi) is 9.09. The van der Waals surface area contributed by atoms with E-state index in [1.165, 1.54) is 144 Å². The molecule has 2 heteroatoms. The molecule has 15 rings (SSSR count). The number of benzene rings is 11. The van der Waals surface area contributed by atoms with Crippen LogP contribution in [0.5, 0.6) is 0 Å². The Balaban J connectivity index is 0.721. The van der Waals surface area contributed by atoms with E-state index in [2.05, 4.69) is 280 Å². The number of nitrogens with zero attached hydrogens (tertiary/aromatic N) is 2. The van der Waals surface area contributed by atoms with E-state index in [9.17, 15) is 0 Å². The molecule has 0 radical (unpaired) electrons. The quantitative estimate of drug-likeness (QED) is 0.147. The average molecular weight is 945 g/mol. The van der Waals surface area contributed by atoms with E-state index >= 15 is 0 Å². The van der Waals surface area contributed by atoms with Crippen molar-refractivity contribution >= 4 is 66.5 Å². The summed E-state index contributed by atoms with van der Waals surface area (Å²) >= 11 is 0. The first-order valence-electron chi connectivity index (χ1n) is 26.1. The van der Waals surface area contributed by atoms with Gasteiger partial charge in [-0.1, -0.05) is 192 Å². The summed E-state index contributed by atoms with van der Waals surface area (Å²) < 4.78 is 4.80. The molecular weight excluding hydrogens is 893 g/mol. The summed E-state index contributed by atoms with van der Waals surface area (Å²) in [5, 5.41) is 7.57. The van der Waals surface area contributed by atoms with Crippen molar-refractivity contribution in [1.82, 2.24) is 9.13 Å².